The molecule has 1 N–H and O–H groups in total. The second-order valence-corrected chi connectivity index (χ2v) is 6.31. The maximum Gasteiger partial charge on any atom is 0.0682 e. The summed E-state index contributed by atoms with van der Waals surface area (Å²) in [5.41, 5.74) is 2.16. The van der Waals surface area contributed by atoms with Crippen LogP contribution in [0.2, 0.25) is 0 Å². The average molecular weight is 487 g/mol. The van der Waals surface area contributed by atoms with E-state index in [-0.39, 0.29) is 6.61 Å². The molecule has 0 aromatic heterocycles. The van der Waals surface area contributed by atoms with Crippen LogP contribution in [0.5, 0.6) is 0 Å². The van der Waals surface area contributed by atoms with Gasteiger partial charge in [-0.3, -0.25) is 0 Å². The van der Waals surface area contributed by atoms with E-state index >= 15 is 0 Å². The van der Waals surface area contributed by atoms with Gasteiger partial charge in [-0.15, -0.1) is 11.6 Å². The van der Waals surface area contributed by atoms with Crippen molar-refractivity contribution in [2.24, 2.45) is 0 Å². The predicted octanol–water partition coefficient (Wildman–Crippen LogP) is 4.81. The van der Waals surface area contributed by atoms with Crippen LogP contribution in [0.1, 0.15) is 11.1 Å². The average Bonchev–Trinajstić information content (AvgIpc) is 2.39. The molecular weight excluding hydrogens is 473 g/mol. The zero-order valence-corrected chi connectivity index (χ0v) is 14.7. The van der Waals surface area contributed by atoms with Crippen molar-refractivity contribution in [2.75, 3.05) is 0 Å². The first-order valence-electron chi connectivity index (χ1n) is 5.31. The Morgan fingerprint density at radius 3 is 1.72 bits per heavy atom. The van der Waals surface area contributed by atoms with Crippen LogP contribution in [0, 0.1) is 7.14 Å². The fourth-order valence-corrected chi connectivity index (χ4v) is 2.64. The van der Waals surface area contributed by atoms with E-state index in [0.29, 0.717) is 5.88 Å². The van der Waals surface area contributed by atoms with Crippen molar-refractivity contribution in [3.8, 4) is 0 Å². The molecule has 0 aliphatic rings. The monoisotopic (exact) mass is 486 g/mol. The Balaban J connectivity index is 0.000000180. The summed E-state index contributed by atoms with van der Waals surface area (Å²) < 4.78 is 2.41. The SMILES string of the molecule is ClCc1cccc(I)c1.OCc1cccc(I)c1. The summed E-state index contributed by atoms with van der Waals surface area (Å²) in [5.74, 6) is 0.608. The molecule has 18 heavy (non-hydrogen) atoms. The van der Waals surface area contributed by atoms with Gasteiger partial charge in [-0.1, -0.05) is 24.3 Å². The van der Waals surface area contributed by atoms with E-state index in [1.807, 2.05) is 36.4 Å². The zero-order valence-electron chi connectivity index (χ0n) is 9.61. The third-order valence-corrected chi connectivity index (χ3v) is 3.77. The molecule has 96 valence electrons. The van der Waals surface area contributed by atoms with Crippen LogP contribution in [-0.2, 0) is 12.5 Å². The first kappa shape index (κ1) is 16.2. The van der Waals surface area contributed by atoms with E-state index in [0.717, 1.165) is 5.56 Å². The first-order chi connectivity index (χ1) is 8.65. The lowest BCUT2D eigenvalue weighted by Crippen LogP contribution is -1.81. The third kappa shape index (κ3) is 6.36. The van der Waals surface area contributed by atoms with Gasteiger partial charge in [0.05, 0.1) is 6.61 Å². The molecular formula is C14H13ClI2O. The summed E-state index contributed by atoms with van der Waals surface area (Å²) in [6, 6.07) is 16.0. The molecule has 0 amide bonds. The maximum atomic E-state index is 8.66. The van der Waals surface area contributed by atoms with Crippen LogP contribution in [0.3, 0.4) is 0 Å². The second kappa shape index (κ2) is 9.12. The molecule has 0 fully saturated rings. The van der Waals surface area contributed by atoms with E-state index in [1.54, 1.807) is 0 Å². The molecule has 0 saturated heterocycles. The minimum atomic E-state index is 0.136. The van der Waals surface area contributed by atoms with E-state index in [1.165, 1.54) is 12.7 Å². The highest BCUT2D eigenvalue weighted by Gasteiger charge is 1.89. The maximum absolute atomic E-state index is 8.66. The summed E-state index contributed by atoms with van der Waals surface area (Å²) >= 11 is 10.1. The van der Waals surface area contributed by atoms with Crippen LogP contribution >= 0.6 is 56.8 Å². The van der Waals surface area contributed by atoms with Gasteiger partial charge in [0.1, 0.15) is 0 Å². The highest BCUT2D eigenvalue weighted by Crippen LogP contribution is 2.09. The Bertz CT molecular complexity index is 443. The van der Waals surface area contributed by atoms with Crippen LogP contribution in [-0.4, -0.2) is 5.11 Å². The Kier molecular flexibility index (Phi) is 8.21. The number of aliphatic hydroxyl groups is 1. The topological polar surface area (TPSA) is 20.2 Å². The molecule has 0 saturated carbocycles. The van der Waals surface area contributed by atoms with Crippen LogP contribution in [0.15, 0.2) is 48.5 Å². The third-order valence-electron chi connectivity index (χ3n) is 2.11. The Labute approximate surface area is 140 Å². The normalized spacial score (nSPS) is 9.56. The van der Waals surface area contributed by atoms with E-state index in [2.05, 4.69) is 57.3 Å². The molecule has 2 aromatic rings. The highest BCUT2D eigenvalue weighted by molar-refractivity contribution is 14.1. The molecule has 0 heterocycles. The number of hydrogen-bond donors (Lipinski definition) is 1. The number of aliphatic hydroxyl groups excluding tert-OH is 1. The first-order valence-corrected chi connectivity index (χ1v) is 8.00. The van der Waals surface area contributed by atoms with Gasteiger partial charge in [0.2, 0.25) is 0 Å². The van der Waals surface area contributed by atoms with Gasteiger partial charge in [-0.05, 0) is 80.6 Å². The lowest BCUT2D eigenvalue weighted by atomic mass is 10.2. The van der Waals surface area contributed by atoms with Crippen molar-refractivity contribution < 1.29 is 5.11 Å². The molecule has 0 aliphatic heterocycles. The molecule has 4 heteroatoms. The molecule has 0 aliphatic carbocycles. The van der Waals surface area contributed by atoms with Crippen molar-refractivity contribution >= 4 is 56.8 Å². The molecule has 2 rings (SSSR count). The summed E-state index contributed by atoms with van der Waals surface area (Å²) in [7, 11) is 0. The van der Waals surface area contributed by atoms with Gasteiger partial charge in [0.25, 0.3) is 0 Å². The zero-order chi connectivity index (χ0) is 13.4. The second-order valence-electron chi connectivity index (χ2n) is 3.55. The fourth-order valence-electron chi connectivity index (χ4n) is 1.26. The van der Waals surface area contributed by atoms with Gasteiger partial charge >= 0.3 is 0 Å². The van der Waals surface area contributed by atoms with Crippen LogP contribution in [0.25, 0.3) is 0 Å². The smallest absolute Gasteiger partial charge is 0.0682 e. The molecule has 0 radical (unpaired) electrons. The standard InChI is InChI=1S/C7H6ClI.C7H7IO/c8-5-6-2-1-3-7(9)4-6;8-7-3-1-2-6(4-7)5-9/h1-4H,5H2;1-4,9H,5H2. The Morgan fingerprint density at radius 2 is 1.39 bits per heavy atom. The molecule has 0 atom stereocenters. The summed E-state index contributed by atoms with van der Waals surface area (Å²) in [4.78, 5) is 0. The van der Waals surface area contributed by atoms with Gasteiger partial charge in [0, 0.05) is 13.0 Å². The number of hydrogen-bond acceptors (Lipinski definition) is 1. The van der Waals surface area contributed by atoms with Gasteiger partial charge in [-0.25, -0.2) is 0 Å². The van der Waals surface area contributed by atoms with Crippen molar-refractivity contribution in [1.82, 2.24) is 0 Å². The molecule has 2 aromatic carbocycles. The molecule has 0 spiro atoms. The number of benzene rings is 2. The van der Waals surface area contributed by atoms with E-state index in [4.69, 9.17) is 16.7 Å². The van der Waals surface area contributed by atoms with Gasteiger partial charge in [-0.2, -0.15) is 0 Å². The minimum absolute atomic E-state index is 0.136. The lowest BCUT2D eigenvalue weighted by Gasteiger charge is -1.93. The van der Waals surface area contributed by atoms with Crippen LogP contribution < -0.4 is 0 Å². The van der Waals surface area contributed by atoms with Crippen molar-refractivity contribution in [1.29, 1.82) is 0 Å². The molecule has 0 bridgehead atoms. The molecule has 1 nitrogen and oxygen atoms in total. The summed E-state index contributed by atoms with van der Waals surface area (Å²) in [6.07, 6.45) is 0. The number of alkyl halides is 1. The summed E-state index contributed by atoms with van der Waals surface area (Å²) in [5, 5.41) is 8.66. The fraction of sp³-hybridized carbons (Fsp3) is 0.143. The van der Waals surface area contributed by atoms with Crippen LogP contribution in [0.4, 0.5) is 0 Å². The largest absolute Gasteiger partial charge is 0.392 e. The Morgan fingerprint density at radius 1 is 0.889 bits per heavy atom. The summed E-state index contributed by atoms with van der Waals surface area (Å²) in [6.45, 7) is 0.136. The van der Waals surface area contributed by atoms with Gasteiger partial charge in [0.15, 0.2) is 0 Å². The minimum Gasteiger partial charge on any atom is -0.392 e. The number of halogens is 3. The van der Waals surface area contributed by atoms with Crippen molar-refractivity contribution in [3.63, 3.8) is 0 Å². The lowest BCUT2D eigenvalue weighted by molar-refractivity contribution is 0.282. The van der Waals surface area contributed by atoms with E-state index in [9.17, 15) is 0 Å². The van der Waals surface area contributed by atoms with Crippen molar-refractivity contribution in [2.45, 2.75) is 12.5 Å². The predicted molar refractivity (Wildman–Crippen MR) is 93.8 cm³/mol. The number of rotatable bonds is 2. The van der Waals surface area contributed by atoms with Gasteiger partial charge < -0.3 is 5.11 Å². The van der Waals surface area contributed by atoms with Crippen molar-refractivity contribution in [3.05, 3.63) is 66.8 Å². The highest BCUT2D eigenvalue weighted by atomic mass is 127. The van der Waals surface area contributed by atoms with E-state index < -0.39 is 0 Å². The molecule has 0 unspecified atom stereocenters. The quantitative estimate of drug-likeness (QED) is 0.477. The Hall–Kier alpha value is 0.150.